The maximum Gasteiger partial charge on any atom is 0.183 e. The molecule has 7 heteroatoms. The van der Waals surface area contributed by atoms with Crippen molar-refractivity contribution in [3.8, 4) is 0 Å². The number of thiazole rings is 1. The predicted molar refractivity (Wildman–Crippen MR) is 81.3 cm³/mol. The Labute approximate surface area is 129 Å². The average Bonchev–Trinajstić information content (AvgIpc) is 2.67. The van der Waals surface area contributed by atoms with Gasteiger partial charge in [-0.15, -0.1) is 11.3 Å². The zero-order chi connectivity index (χ0) is 12.4. The zero-order valence-electron chi connectivity index (χ0n) is 8.31. The van der Waals surface area contributed by atoms with Gasteiger partial charge in [-0.1, -0.05) is 11.6 Å². The molecule has 0 amide bonds. The molecule has 0 bridgehead atoms. The largest absolute Gasteiger partial charge is 0.379 e. The summed E-state index contributed by atoms with van der Waals surface area (Å²) in [6, 6.07) is 2.91. The maximum atomic E-state index is 13.2. The van der Waals surface area contributed by atoms with Gasteiger partial charge in [-0.25, -0.2) is 9.37 Å². The summed E-state index contributed by atoms with van der Waals surface area (Å²) in [7, 11) is 0. The molecular formula is C10H6BrClFIN2S. The second-order valence-corrected chi connectivity index (χ2v) is 6.81. The van der Waals surface area contributed by atoms with E-state index in [1.54, 1.807) is 6.20 Å². The molecule has 17 heavy (non-hydrogen) atoms. The molecule has 1 N–H and O–H groups in total. The van der Waals surface area contributed by atoms with Crippen LogP contribution in [0.4, 0.5) is 10.1 Å². The fourth-order valence-corrected chi connectivity index (χ4v) is 3.08. The quantitative estimate of drug-likeness (QED) is 0.534. The van der Waals surface area contributed by atoms with Gasteiger partial charge in [-0.2, -0.15) is 0 Å². The normalized spacial score (nSPS) is 10.6. The van der Waals surface area contributed by atoms with E-state index in [2.05, 4.69) is 48.8 Å². The lowest BCUT2D eigenvalue weighted by molar-refractivity contribution is 0.627. The van der Waals surface area contributed by atoms with Crippen molar-refractivity contribution in [1.29, 1.82) is 0 Å². The number of benzene rings is 1. The molecule has 1 aromatic carbocycles. The van der Waals surface area contributed by atoms with Crippen LogP contribution in [0.25, 0.3) is 0 Å². The topological polar surface area (TPSA) is 24.9 Å². The second kappa shape index (κ2) is 5.81. The molecule has 2 rings (SSSR count). The molecule has 0 aliphatic carbocycles. The Kier molecular flexibility index (Phi) is 4.62. The zero-order valence-corrected chi connectivity index (χ0v) is 13.6. The van der Waals surface area contributed by atoms with Gasteiger partial charge in [0.1, 0.15) is 5.82 Å². The highest BCUT2D eigenvalue weighted by Crippen LogP contribution is 2.29. The molecule has 0 spiro atoms. The van der Waals surface area contributed by atoms with Crippen molar-refractivity contribution in [2.45, 2.75) is 6.54 Å². The van der Waals surface area contributed by atoms with Gasteiger partial charge in [0.05, 0.1) is 15.8 Å². The molecule has 0 saturated carbocycles. The lowest BCUT2D eigenvalue weighted by atomic mass is 10.3. The van der Waals surface area contributed by atoms with Crippen molar-refractivity contribution in [1.82, 2.24) is 4.98 Å². The fraction of sp³-hybridized carbons (Fsp3) is 0.100. The van der Waals surface area contributed by atoms with E-state index in [0.717, 1.165) is 18.6 Å². The molecule has 0 atom stereocenters. The third-order valence-corrected chi connectivity index (χ3v) is 5.62. The molecule has 0 aliphatic heterocycles. The first-order chi connectivity index (χ1) is 8.06. The minimum absolute atomic E-state index is 0.276. The summed E-state index contributed by atoms with van der Waals surface area (Å²) >= 11 is 12.6. The Morgan fingerprint density at radius 3 is 2.94 bits per heavy atom. The minimum atomic E-state index is -0.276. The van der Waals surface area contributed by atoms with Gasteiger partial charge in [0.2, 0.25) is 0 Å². The Morgan fingerprint density at radius 1 is 1.53 bits per heavy atom. The van der Waals surface area contributed by atoms with E-state index >= 15 is 0 Å². The van der Waals surface area contributed by atoms with Crippen molar-refractivity contribution >= 4 is 67.1 Å². The predicted octanol–water partition coefficient (Wildman–Crippen LogP) is 4.91. The number of halogens is 4. The summed E-state index contributed by atoms with van der Waals surface area (Å²) in [5, 5.41) is 3.16. The third kappa shape index (κ3) is 3.52. The van der Waals surface area contributed by atoms with Crippen LogP contribution in [0.5, 0.6) is 0 Å². The van der Waals surface area contributed by atoms with Crippen molar-refractivity contribution in [2.24, 2.45) is 0 Å². The first-order valence-electron chi connectivity index (χ1n) is 4.55. The molecule has 0 radical (unpaired) electrons. The number of hydrogen-bond acceptors (Lipinski definition) is 3. The smallest absolute Gasteiger partial charge is 0.183 e. The SMILES string of the molecule is Fc1cc(Br)c(I)c(NCc2cnc(Cl)s2)c1. The number of rotatable bonds is 3. The molecule has 90 valence electrons. The van der Waals surface area contributed by atoms with Gasteiger partial charge in [0.15, 0.2) is 4.47 Å². The maximum absolute atomic E-state index is 13.2. The van der Waals surface area contributed by atoms with E-state index in [1.807, 2.05) is 0 Å². The van der Waals surface area contributed by atoms with Gasteiger partial charge < -0.3 is 5.32 Å². The molecule has 1 heterocycles. The van der Waals surface area contributed by atoms with Crippen molar-refractivity contribution < 1.29 is 4.39 Å². The van der Waals surface area contributed by atoms with Crippen LogP contribution >= 0.6 is 61.5 Å². The first-order valence-corrected chi connectivity index (χ1v) is 7.61. The van der Waals surface area contributed by atoms with Crippen LogP contribution in [0.2, 0.25) is 4.47 Å². The highest BCUT2D eigenvalue weighted by Gasteiger charge is 2.07. The Hall–Kier alpha value is 0.0800. The Balaban J connectivity index is 2.14. The van der Waals surface area contributed by atoms with E-state index in [1.165, 1.54) is 23.5 Å². The van der Waals surface area contributed by atoms with E-state index in [0.29, 0.717) is 11.0 Å². The minimum Gasteiger partial charge on any atom is -0.379 e. The molecule has 2 nitrogen and oxygen atoms in total. The van der Waals surface area contributed by atoms with Crippen LogP contribution in [0, 0.1) is 9.39 Å². The standard InChI is InChI=1S/C10H6BrClFIN2S/c11-7-1-5(13)2-8(9(7)14)15-3-6-4-16-10(12)17-6/h1-2,4,15H,3H2. The van der Waals surface area contributed by atoms with Crippen molar-refractivity contribution in [2.75, 3.05) is 5.32 Å². The summed E-state index contributed by atoms with van der Waals surface area (Å²) in [4.78, 5) is 4.95. The van der Waals surface area contributed by atoms with Crippen LogP contribution in [0.3, 0.4) is 0 Å². The van der Waals surface area contributed by atoms with E-state index in [9.17, 15) is 4.39 Å². The molecule has 1 aromatic heterocycles. The molecule has 0 aliphatic rings. The summed E-state index contributed by atoms with van der Waals surface area (Å²) in [5.41, 5.74) is 0.752. The summed E-state index contributed by atoms with van der Waals surface area (Å²) < 4.78 is 15.4. The Morgan fingerprint density at radius 2 is 2.29 bits per heavy atom. The van der Waals surface area contributed by atoms with Crippen LogP contribution < -0.4 is 5.32 Å². The van der Waals surface area contributed by atoms with Crippen LogP contribution in [0.15, 0.2) is 22.8 Å². The number of aromatic nitrogens is 1. The lowest BCUT2D eigenvalue weighted by Gasteiger charge is -2.08. The van der Waals surface area contributed by atoms with E-state index < -0.39 is 0 Å². The number of anilines is 1. The molecular weight excluding hydrogens is 441 g/mol. The van der Waals surface area contributed by atoms with Gasteiger partial charge in [-0.05, 0) is 50.7 Å². The van der Waals surface area contributed by atoms with Gasteiger partial charge in [0, 0.05) is 15.5 Å². The molecule has 0 fully saturated rings. The lowest BCUT2D eigenvalue weighted by Crippen LogP contribution is -2.00. The average molecular weight is 447 g/mol. The van der Waals surface area contributed by atoms with Crippen LogP contribution in [-0.2, 0) is 6.54 Å². The number of nitrogens with zero attached hydrogens (tertiary/aromatic N) is 1. The van der Waals surface area contributed by atoms with Crippen molar-refractivity contribution in [3.05, 3.63) is 41.5 Å². The molecule has 0 saturated heterocycles. The summed E-state index contributed by atoms with van der Waals surface area (Å²) in [6.45, 7) is 0.580. The number of nitrogens with one attached hydrogen (secondary N) is 1. The third-order valence-electron chi connectivity index (χ3n) is 1.97. The second-order valence-electron chi connectivity index (χ2n) is 3.18. The number of hydrogen-bond donors (Lipinski definition) is 1. The van der Waals surface area contributed by atoms with Gasteiger partial charge >= 0.3 is 0 Å². The molecule has 2 aromatic rings. The monoisotopic (exact) mass is 446 g/mol. The van der Waals surface area contributed by atoms with Crippen LogP contribution in [-0.4, -0.2) is 4.98 Å². The Bertz CT molecular complexity index is 549. The fourth-order valence-electron chi connectivity index (χ4n) is 1.23. The highest BCUT2D eigenvalue weighted by molar-refractivity contribution is 14.1. The van der Waals surface area contributed by atoms with Crippen LogP contribution in [0.1, 0.15) is 4.88 Å². The van der Waals surface area contributed by atoms with Gasteiger partial charge in [-0.3, -0.25) is 0 Å². The van der Waals surface area contributed by atoms with Crippen molar-refractivity contribution in [3.63, 3.8) is 0 Å². The molecule has 0 unspecified atom stereocenters. The van der Waals surface area contributed by atoms with E-state index in [-0.39, 0.29) is 5.82 Å². The first kappa shape index (κ1) is 13.5. The van der Waals surface area contributed by atoms with E-state index in [4.69, 9.17) is 11.6 Å². The van der Waals surface area contributed by atoms with Gasteiger partial charge in [0.25, 0.3) is 0 Å². The summed E-state index contributed by atoms with van der Waals surface area (Å²) in [6.07, 6.45) is 1.71. The highest BCUT2D eigenvalue weighted by atomic mass is 127. The summed E-state index contributed by atoms with van der Waals surface area (Å²) in [5.74, 6) is -0.276.